The van der Waals surface area contributed by atoms with Gasteiger partial charge >= 0.3 is 0 Å². The maximum absolute atomic E-state index is 13.1. The molecule has 0 atom stereocenters. The Morgan fingerprint density at radius 1 is 0.933 bits per heavy atom. The van der Waals surface area contributed by atoms with E-state index in [0.717, 1.165) is 10.8 Å². The number of nitrogens with one attached hydrogen (secondary N) is 1. The molecular formula is C23H26N2O4S. The molecule has 0 aromatic heterocycles. The minimum Gasteiger partial charge on any atom is -0.492 e. The Morgan fingerprint density at radius 2 is 1.63 bits per heavy atom. The molecule has 0 spiro atoms. The van der Waals surface area contributed by atoms with Crippen molar-refractivity contribution in [2.75, 3.05) is 25.0 Å². The van der Waals surface area contributed by atoms with Crippen LogP contribution in [-0.4, -0.2) is 38.3 Å². The first-order valence-corrected chi connectivity index (χ1v) is 11.4. The molecule has 158 valence electrons. The van der Waals surface area contributed by atoms with Gasteiger partial charge in [0.2, 0.25) is 10.0 Å². The lowest BCUT2D eigenvalue weighted by Crippen LogP contribution is -2.31. The lowest BCUT2D eigenvalue weighted by atomic mass is 10.1. The van der Waals surface area contributed by atoms with Crippen LogP contribution >= 0.6 is 0 Å². The van der Waals surface area contributed by atoms with Crippen LogP contribution in [0.2, 0.25) is 0 Å². The number of rotatable bonds is 8. The van der Waals surface area contributed by atoms with E-state index in [-0.39, 0.29) is 16.6 Å². The molecule has 0 unspecified atom stereocenters. The van der Waals surface area contributed by atoms with Crippen molar-refractivity contribution in [1.82, 2.24) is 4.31 Å². The summed E-state index contributed by atoms with van der Waals surface area (Å²) in [5.41, 5.74) is 0.887. The number of fused-ring (bicyclic) bond motifs is 1. The maximum Gasteiger partial charge on any atom is 0.255 e. The molecule has 1 N–H and O–H groups in total. The van der Waals surface area contributed by atoms with Crippen LogP contribution in [0.25, 0.3) is 10.8 Å². The van der Waals surface area contributed by atoms with Crippen molar-refractivity contribution < 1.29 is 17.9 Å². The molecule has 0 aliphatic rings. The zero-order valence-electron chi connectivity index (χ0n) is 17.4. The fraction of sp³-hybridized carbons (Fsp3) is 0.261. The Hall–Kier alpha value is -2.90. The summed E-state index contributed by atoms with van der Waals surface area (Å²) in [4.78, 5) is 12.8. The van der Waals surface area contributed by atoms with Crippen LogP contribution in [0, 0.1) is 0 Å². The van der Waals surface area contributed by atoms with E-state index in [0.29, 0.717) is 30.9 Å². The summed E-state index contributed by atoms with van der Waals surface area (Å²) < 4.78 is 33.1. The summed E-state index contributed by atoms with van der Waals surface area (Å²) in [6, 6.07) is 17.9. The third-order valence-corrected chi connectivity index (χ3v) is 6.91. The predicted molar refractivity (Wildman–Crippen MR) is 120 cm³/mol. The Kier molecular flexibility index (Phi) is 6.74. The molecule has 0 saturated heterocycles. The van der Waals surface area contributed by atoms with Gasteiger partial charge in [0, 0.05) is 24.3 Å². The quantitative estimate of drug-likeness (QED) is 0.575. The Morgan fingerprint density at radius 3 is 2.30 bits per heavy atom. The van der Waals surface area contributed by atoms with E-state index in [1.165, 1.54) is 10.4 Å². The number of anilines is 1. The zero-order chi connectivity index (χ0) is 21.7. The fourth-order valence-corrected chi connectivity index (χ4v) is 4.91. The SMILES string of the molecule is CCOc1ccc(NC(=O)c2ccc3ccccc3c2)cc1S(=O)(=O)N(CC)CC. The largest absolute Gasteiger partial charge is 0.492 e. The molecular weight excluding hydrogens is 400 g/mol. The number of nitrogens with zero attached hydrogens (tertiary/aromatic N) is 1. The Bertz CT molecular complexity index is 1150. The highest BCUT2D eigenvalue weighted by molar-refractivity contribution is 7.89. The molecule has 6 nitrogen and oxygen atoms in total. The summed E-state index contributed by atoms with van der Waals surface area (Å²) in [6.07, 6.45) is 0. The van der Waals surface area contributed by atoms with Crippen LogP contribution in [0.1, 0.15) is 31.1 Å². The summed E-state index contributed by atoms with van der Waals surface area (Å²) in [6.45, 7) is 6.39. The van der Waals surface area contributed by atoms with Gasteiger partial charge in [-0.25, -0.2) is 8.42 Å². The molecule has 3 rings (SSSR count). The monoisotopic (exact) mass is 426 g/mol. The van der Waals surface area contributed by atoms with Gasteiger partial charge < -0.3 is 10.1 Å². The standard InChI is InChI=1S/C23H26N2O4S/c1-4-25(5-2)30(27,28)22-16-20(13-14-21(22)29-6-3)24-23(26)19-12-11-17-9-7-8-10-18(17)15-19/h7-16H,4-6H2,1-3H3,(H,24,26). The van der Waals surface area contributed by atoms with Crippen molar-refractivity contribution in [3.63, 3.8) is 0 Å². The molecule has 0 radical (unpaired) electrons. The van der Waals surface area contributed by atoms with Crippen LogP contribution in [0.5, 0.6) is 5.75 Å². The van der Waals surface area contributed by atoms with Gasteiger partial charge in [-0.3, -0.25) is 4.79 Å². The van der Waals surface area contributed by atoms with Crippen LogP contribution in [0.15, 0.2) is 65.6 Å². The third kappa shape index (κ3) is 4.47. The van der Waals surface area contributed by atoms with Gasteiger partial charge in [-0.15, -0.1) is 0 Å². The van der Waals surface area contributed by atoms with Gasteiger partial charge in [0.25, 0.3) is 5.91 Å². The number of carbonyl (C=O) groups excluding carboxylic acids is 1. The van der Waals surface area contributed by atoms with E-state index < -0.39 is 10.0 Å². The van der Waals surface area contributed by atoms with E-state index in [9.17, 15) is 13.2 Å². The van der Waals surface area contributed by atoms with Gasteiger partial charge in [-0.2, -0.15) is 4.31 Å². The first kappa shape index (κ1) is 21.8. The average molecular weight is 427 g/mol. The molecule has 0 saturated carbocycles. The molecule has 1 amide bonds. The highest BCUT2D eigenvalue weighted by Crippen LogP contribution is 2.30. The van der Waals surface area contributed by atoms with Crippen LogP contribution in [-0.2, 0) is 10.0 Å². The summed E-state index contributed by atoms with van der Waals surface area (Å²) in [5.74, 6) is -0.0378. The van der Waals surface area contributed by atoms with Crippen molar-refractivity contribution >= 4 is 32.4 Å². The molecule has 3 aromatic rings. The van der Waals surface area contributed by atoms with Crippen molar-refractivity contribution in [2.24, 2.45) is 0 Å². The normalized spacial score (nSPS) is 11.6. The Labute approximate surface area is 177 Å². The summed E-state index contributed by atoms with van der Waals surface area (Å²) >= 11 is 0. The fourth-order valence-electron chi connectivity index (χ4n) is 3.30. The molecule has 3 aromatic carbocycles. The van der Waals surface area contributed by atoms with Crippen molar-refractivity contribution in [2.45, 2.75) is 25.7 Å². The number of amides is 1. The van der Waals surface area contributed by atoms with Crippen molar-refractivity contribution in [3.8, 4) is 5.75 Å². The second-order valence-electron chi connectivity index (χ2n) is 6.70. The van der Waals surface area contributed by atoms with Gasteiger partial charge in [0.05, 0.1) is 6.61 Å². The molecule has 0 heterocycles. The van der Waals surface area contributed by atoms with E-state index in [2.05, 4.69) is 5.32 Å². The molecule has 0 bridgehead atoms. The van der Waals surface area contributed by atoms with Crippen LogP contribution in [0.3, 0.4) is 0 Å². The summed E-state index contributed by atoms with van der Waals surface area (Å²) in [7, 11) is -3.75. The van der Waals surface area contributed by atoms with Gasteiger partial charge in [0.15, 0.2) is 0 Å². The van der Waals surface area contributed by atoms with E-state index in [4.69, 9.17) is 4.74 Å². The maximum atomic E-state index is 13.1. The van der Waals surface area contributed by atoms with Crippen LogP contribution < -0.4 is 10.1 Å². The first-order valence-electron chi connectivity index (χ1n) is 9.97. The topological polar surface area (TPSA) is 75.7 Å². The predicted octanol–water partition coefficient (Wildman–Crippen LogP) is 4.52. The number of ether oxygens (including phenoxy) is 1. The number of benzene rings is 3. The molecule has 0 aliphatic carbocycles. The molecule has 30 heavy (non-hydrogen) atoms. The minimum absolute atomic E-state index is 0.0457. The number of sulfonamides is 1. The second kappa shape index (κ2) is 9.28. The Balaban J connectivity index is 1.94. The summed E-state index contributed by atoms with van der Waals surface area (Å²) in [5, 5.41) is 4.81. The lowest BCUT2D eigenvalue weighted by molar-refractivity contribution is 0.102. The zero-order valence-corrected chi connectivity index (χ0v) is 18.2. The minimum atomic E-state index is -3.75. The van der Waals surface area contributed by atoms with E-state index in [1.54, 1.807) is 39.0 Å². The van der Waals surface area contributed by atoms with Crippen molar-refractivity contribution in [1.29, 1.82) is 0 Å². The highest BCUT2D eigenvalue weighted by Gasteiger charge is 2.26. The van der Waals surface area contributed by atoms with E-state index >= 15 is 0 Å². The highest BCUT2D eigenvalue weighted by atomic mass is 32.2. The molecule has 7 heteroatoms. The number of hydrogen-bond donors (Lipinski definition) is 1. The average Bonchev–Trinajstić information content (AvgIpc) is 2.75. The van der Waals surface area contributed by atoms with E-state index in [1.807, 2.05) is 36.4 Å². The second-order valence-corrected chi connectivity index (χ2v) is 8.61. The van der Waals surface area contributed by atoms with Gasteiger partial charge in [-0.1, -0.05) is 44.2 Å². The lowest BCUT2D eigenvalue weighted by Gasteiger charge is -2.21. The van der Waals surface area contributed by atoms with Gasteiger partial charge in [-0.05, 0) is 48.0 Å². The van der Waals surface area contributed by atoms with Gasteiger partial charge in [0.1, 0.15) is 10.6 Å². The molecule has 0 aliphatic heterocycles. The molecule has 0 fully saturated rings. The first-order chi connectivity index (χ1) is 14.4. The van der Waals surface area contributed by atoms with Crippen LogP contribution in [0.4, 0.5) is 5.69 Å². The third-order valence-electron chi connectivity index (χ3n) is 4.84. The number of hydrogen-bond acceptors (Lipinski definition) is 4. The van der Waals surface area contributed by atoms with Crippen molar-refractivity contribution in [3.05, 3.63) is 66.2 Å². The smallest absolute Gasteiger partial charge is 0.255 e. The number of carbonyl (C=O) groups is 1.